The number of hydrogen-bond donors (Lipinski definition) is 2. The van der Waals surface area contributed by atoms with Gasteiger partial charge in [-0.15, -0.1) is 11.3 Å². The number of anilines is 1. The van der Waals surface area contributed by atoms with E-state index < -0.39 is 0 Å². The molecule has 3 heterocycles. The number of aromatic nitrogens is 2. The molecular weight excluding hydrogens is 298 g/mol. The molecule has 1 atom stereocenters. The predicted octanol–water partition coefficient (Wildman–Crippen LogP) is 2.10. The van der Waals surface area contributed by atoms with E-state index in [0.29, 0.717) is 0 Å². The minimum atomic E-state index is -0.138. The topological polar surface area (TPSA) is 79.3 Å². The van der Waals surface area contributed by atoms with Crippen LogP contribution in [0.5, 0.6) is 0 Å². The second-order valence-electron chi connectivity index (χ2n) is 5.69. The van der Waals surface area contributed by atoms with Gasteiger partial charge in [-0.3, -0.25) is 10.2 Å². The van der Waals surface area contributed by atoms with Gasteiger partial charge < -0.3 is 5.32 Å². The number of nitrogens with one attached hydrogen (secondary N) is 2. The van der Waals surface area contributed by atoms with E-state index in [1.165, 1.54) is 23.3 Å². The summed E-state index contributed by atoms with van der Waals surface area (Å²) < 4.78 is 0. The molecule has 0 bridgehead atoms. The van der Waals surface area contributed by atoms with Crippen molar-refractivity contribution in [2.45, 2.75) is 32.1 Å². The van der Waals surface area contributed by atoms with Crippen molar-refractivity contribution in [2.75, 3.05) is 12.0 Å². The Morgan fingerprint density at radius 2 is 2.27 bits per heavy atom. The zero-order valence-electron chi connectivity index (χ0n) is 12.1. The lowest BCUT2D eigenvalue weighted by molar-refractivity contribution is -0.120. The van der Waals surface area contributed by atoms with Gasteiger partial charge in [-0.25, -0.2) is 9.97 Å². The summed E-state index contributed by atoms with van der Waals surface area (Å²) in [6.07, 6.45) is 8.76. The Morgan fingerprint density at radius 1 is 1.36 bits per heavy atom. The highest BCUT2D eigenvalue weighted by molar-refractivity contribution is 7.19. The number of carbonyl (C=O) groups excluding carboxylic acids is 1. The molecule has 2 N–H and O–H groups in total. The molecule has 1 aliphatic carbocycles. The van der Waals surface area contributed by atoms with Crippen molar-refractivity contribution in [2.24, 2.45) is 11.0 Å². The van der Waals surface area contributed by atoms with Crippen LogP contribution in [0.25, 0.3) is 10.2 Å². The van der Waals surface area contributed by atoms with Crippen molar-refractivity contribution in [3.63, 3.8) is 0 Å². The van der Waals surface area contributed by atoms with Crippen LogP contribution in [0.15, 0.2) is 11.4 Å². The smallest absolute Gasteiger partial charge is 0.228 e. The standard InChI is InChI=1S/C15H17N5OS/c21-14-9(5-6-16-14)7-19-20-13-12-10-3-1-2-4-11(10)22-15(12)18-8-17-13/h7-9H,1-6H2,(H,16,21)(H,17,18,20)/b19-7-. The van der Waals surface area contributed by atoms with Crippen LogP contribution < -0.4 is 10.7 Å². The Labute approximate surface area is 132 Å². The summed E-state index contributed by atoms with van der Waals surface area (Å²) in [7, 11) is 0. The molecule has 1 saturated heterocycles. The van der Waals surface area contributed by atoms with Crippen molar-refractivity contribution >= 4 is 39.5 Å². The van der Waals surface area contributed by atoms with Crippen LogP contribution in [0.2, 0.25) is 0 Å². The van der Waals surface area contributed by atoms with E-state index >= 15 is 0 Å². The van der Waals surface area contributed by atoms with Crippen LogP contribution in [-0.4, -0.2) is 28.6 Å². The molecular formula is C15H17N5OS. The van der Waals surface area contributed by atoms with E-state index in [1.54, 1.807) is 23.9 Å². The number of carbonyl (C=O) groups is 1. The number of thiophene rings is 1. The summed E-state index contributed by atoms with van der Waals surface area (Å²) in [6.45, 7) is 0.727. The summed E-state index contributed by atoms with van der Waals surface area (Å²) >= 11 is 1.77. The highest BCUT2D eigenvalue weighted by Gasteiger charge is 2.22. The first kappa shape index (κ1) is 13.6. The number of rotatable bonds is 3. The zero-order valence-corrected chi connectivity index (χ0v) is 12.9. The SMILES string of the molecule is O=C1NCCC1/C=N\Nc1ncnc2sc3c(c12)CCCC3. The molecule has 22 heavy (non-hydrogen) atoms. The molecule has 1 fully saturated rings. The van der Waals surface area contributed by atoms with E-state index in [4.69, 9.17) is 0 Å². The Kier molecular flexibility index (Phi) is 3.49. The Hall–Kier alpha value is -2.02. The first-order valence-electron chi connectivity index (χ1n) is 7.65. The molecule has 7 heteroatoms. The van der Waals surface area contributed by atoms with E-state index in [0.717, 1.165) is 41.8 Å². The molecule has 0 saturated carbocycles. The third-order valence-corrected chi connectivity index (χ3v) is 5.47. The molecule has 2 aromatic heterocycles. The van der Waals surface area contributed by atoms with Gasteiger partial charge in [0.15, 0.2) is 5.82 Å². The van der Waals surface area contributed by atoms with Gasteiger partial charge in [-0.2, -0.15) is 5.10 Å². The number of aryl methyl sites for hydroxylation is 2. The third kappa shape index (κ3) is 2.35. The van der Waals surface area contributed by atoms with Crippen molar-refractivity contribution in [1.82, 2.24) is 15.3 Å². The largest absolute Gasteiger partial charge is 0.356 e. The molecule has 2 aromatic rings. The van der Waals surface area contributed by atoms with Gasteiger partial charge in [-0.05, 0) is 37.7 Å². The first-order chi connectivity index (χ1) is 10.8. The molecule has 0 aromatic carbocycles. The normalized spacial score (nSPS) is 21.3. The second kappa shape index (κ2) is 5.64. The quantitative estimate of drug-likeness (QED) is 0.671. The van der Waals surface area contributed by atoms with Crippen molar-refractivity contribution in [3.05, 3.63) is 16.8 Å². The van der Waals surface area contributed by atoms with E-state index in [-0.39, 0.29) is 11.8 Å². The second-order valence-corrected chi connectivity index (χ2v) is 6.77. The van der Waals surface area contributed by atoms with Gasteiger partial charge in [-0.1, -0.05) is 0 Å². The average Bonchev–Trinajstić information content (AvgIpc) is 3.11. The summed E-state index contributed by atoms with van der Waals surface area (Å²) in [5, 5.41) is 8.14. The fraction of sp³-hybridized carbons (Fsp3) is 0.467. The summed E-state index contributed by atoms with van der Waals surface area (Å²) in [5.74, 6) is 0.659. The van der Waals surface area contributed by atoms with Crippen LogP contribution in [0, 0.1) is 5.92 Å². The maximum Gasteiger partial charge on any atom is 0.228 e. The van der Waals surface area contributed by atoms with E-state index in [2.05, 4.69) is 25.8 Å². The van der Waals surface area contributed by atoms with E-state index in [9.17, 15) is 4.79 Å². The molecule has 6 nitrogen and oxygen atoms in total. The van der Waals surface area contributed by atoms with Crippen LogP contribution in [0.3, 0.4) is 0 Å². The Bertz CT molecular complexity index is 754. The Morgan fingerprint density at radius 3 is 3.14 bits per heavy atom. The minimum Gasteiger partial charge on any atom is -0.356 e. The summed E-state index contributed by atoms with van der Waals surface area (Å²) in [6, 6.07) is 0. The molecule has 1 unspecified atom stereocenters. The molecule has 114 valence electrons. The monoisotopic (exact) mass is 315 g/mol. The van der Waals surface area contributed by atoms with Crippen molar-refractivity contribution in [3.8, 4) is 0 Å². The van der Waals surface area contributed by atoms with Crippen molar-refractivity contribution in [1.29, 1.82) is 0 Å². The van der Waals surface area contributed by atoms with Gasteiger partial charge in [0.05, 0.1) is 11.3 Å². The van der Waals surface area contributed by atoms with Gasteiger partial charge in [0.2, 0.25) is 5.91 Å². The lowest BCUT2D eigenvalue weighted by atomic mass is 9.97. The highest BCUT2D eigenvalue weighted by Crippen LogP contribution is 2.38. The van der Waals surface area contributed by atoms with Gasteiger partial charge in [0, 0.05) is 17.6 Å². The third-order valence-electron chi connectivity index (χ3n) is 4.27. The number of hydrogen-bond acceptors (Lipinski definition) is 6. The average molecular weight is 315 g/mol. The van der Waals surface area contributed by atoms with E-state index in [1.807, 2.05) is 0 Å². The fourth-order valence-electron chi connectivity index (χ4n) is 3.12. The molecule has 4 rings (SSSR count). The maximum atomic E-state index is 11.5. The lowest BCUT2D eigenvalue weighted by Gasteiger charge is -2.11. The van der Waals surface area contributed by atoms with Crippen LogP contribution in [0.1, 0.15) is 29.7 Å². The van der Waals surface area contributed by atoms with Gasteiger partial charge in [0.1, 0.15) is 11.2 Å². The summed E-state index contributed by atoms with van der Waals surface area (Å²) in [5.41, 5.74) is 4.39. The number of amides is 1. The number of nitrogens with zero attached hydrogens (tertiary/aromatic N) is 3. The number of fused-ring (bicyclic) bond motifs is 3. The maximum absolute atomic E-state index is 11.5. The first-order valence-corrected chi connectivity index (χ1v) is 8.47. The highest BCUT2D eigenvalue weighted by atomic mass is 32.1. The van der Waals surface area contributed by atoms with Crippen LogP contribution in [-0.2, 0) is 17.6 Å². The van der Waals surface area contributed by atoms with Crippen molar-refractivity contribution < 1.29 is 4.79 Å². The molecule has 0 radical (unpaired) electrons. The van der Waals surface area contributed by atoms with Crippen LogP contribution >= 0.6 is 11.3 Å². The Balaban J connectivity index is 1.62. The molecule has 1 amide bonds. The minimum absolute atomic E-state index is 0.0475. The van der Waals surface area contributed by atoms with Crippen LogP contribution in [0.4, 0.5) is 5.82 Å². The van der Waals surface area contributed by atoms with Gasteiger partial charge in [0.25, 0.3) is 0 Å². The fourth-order valence-corrected chi connectivity index (χ4v) is 4.35. The number of hydrazone groups is 1. The van der Waals surface area contributed by atoms with Gasteiger partial charge >= 0.3 is 0 Å². The molecule has 2 aliphatic rings. The zero-order chi connectivity index (χ0) is 14.9. The lowest BCUT2D eigenvalue weighted by Crippen LogP contribution is -2.20. The predicted molar refractivity (Wildman–Crippen MR) is 87.3 cm³/mol. The molecule has 1 aliphatic heterocycles. The summed E-state index contributed by atoms with van der Waals surface area (Å²) in [4.78, 5) is 22.7. The molecule has 0 spiro atoms.